The summed E-state index contributed by atoms with van der Waals surface area (Å²) in [4.78, 5) is 22.5. The topological polar surface area (TPSA) is 90.1 Å². The van der Waals surface area contributed by atoms with Crippen LogP contribution in [-0.2, 0) is 5.54 Å². The van der Waals surface area contributed by atoms with Gasteiger partial charge in [0.05, 0.1) is 11.1 Å². The Balaban J connectivity index is 1.49. The standard InChI is InChI=1S/C26H26N4O2S/c1-16-5-6-19(32-15-17(2)27)14-21(16)24(31)30-26(7-8-26)22-12-18(25-29-10-11-33-25)13-23-20(22)4-3-9-28-23/h3-6,9-14,17H,7-8,15,27H2,1-2H3,(H,30,31)/t17-/m0/s1. The van der Waals surface area contributed by atoms with Crippen molar-refractivity contribution in [2.45, 2.75) is 38.3 Å². The smallest absolute Gasteiger partial charge is 0.252 e. The van der Waals surface area contributed by atoms with E-state index in [1.54, 1.807) is 29.8 Å². The van der Waals surface area contributed by atoms with E-state index in [0.29, 0.717) is 17.9 Å². The summed E-state index contributed by atoms with van der Waals surface area (Å²) in [6, 6.07) is 13.7. The average Bonchev–Trinajstić information content (AvgIpc) is 3.37. The summed E-state index contributed by atoms with van der Waals surface area (Å²) >= 11 is 1.60. The van der Waals surface area contributed by atoms with Gasteiger partial charge in [0, 0.05) is 40.3 Å². The monoisotopic (exact) mass is 458 g/mol. The molecular weight excluding hydrogens is 432 g/mol. The van der Waals surface area contributed by atoms with Crippen LogP contribution in [0.25, 0.3) is 21.5 Å². The summed E-state index contributed by atoms with van der Waals surface area (Å²) in [7, 11) is 0. The molecule has 0 saturated heterocycles. The number of nitrogens with zero attached hydrogens (tertiary/aromatic N) is 2. The SMILES string of the molecule is Cc1ccc(OC[C@H](C)N)cc1C(=O)NC1(c2cc(-c3nccs3)cc3ncccc23)CC1. The summed E-state index contributed by atoms with van der Waals surface area (Å²) < 4.78 is 5.74. The van der Waals surface area contributed by atoms with Crippen LogP contribution in [0.5, 0.6) is 5.75 Å². The van der Waals surface area contributed by atoms with Crippen molar-refractivity contribution in [3.05, 3.63) is 76.9 Å². The molecule has 6 nitrogen and oxygen atoms in total. The minimum Gasteiger partial charge on any atom is -0.492 e. The minimum absolute atomic E-state index is 0.0784. The molecule has 0 unspecified atom stereocenters. The van der Waals surface area contributed by atoms with Crippen LogP contribution in [-0.4, -0.2) is 28.5 Å². The molecule has 4 aromatic rings. The number of aromatic nitrogens is 2. The number of ether oxygens (including phenoxy) is 1. The lowest BCUT2D eigenvalue weighted by Gasteiger charge is -2.22. The van der Waals surface area contributed by atoms with Crippen LogP contribution in [0.3, 0.4) is 0 Å². The van der Waals surface area contributed by atoms with Gasteiger partial charge in [-0.25, -0.2) is 4.98 Å². The first-order valence-corrected chi connectivity index (χ1v) is 11.9. The van der Waals surface area contributed by atoms with E-state index >= 15 is 0 Å². The van der Waals surface area contributed by atoms with Crippen molar-refractivity contribution in [3.63, 3.8) is 0 Å². The van der Waals surface area contributed by atoms with Crippen LogP contribution in [0.15, 0.2) is 60.2 Å². The fourth-order valence-electron chi connectivity index (χ4n) is 4.10. The summed E-state index contributed by atoms with van der Waals surface area (Å²) in [5.74, 6) is 0.543. The number of carbonyl (C=O) groups is 1. The van der Waals surface area contributed by atoms with E-state index in [9.17, 15) is 4.79 Å². The first-order chi connectivity index (χ1) is 15.9. The van der Waals surface area contributed by atoms with Crippen LogP contribution in [0.2, 0.25) is 0 Å². The van der Waals surface area contributed by atoms with E-state index in [1.165, 1.54) is 0 Å². The highest BCUT2D eigenvalue weighted by atomic mass is 32.1. The molecule has 2 heterocycles. The van der Waals surface area contributed by atoms with Crippen molar-refractivity contribution in [2.24, 2.45) is 5.73 Å². The highest BCUT2D eigenvalue weighted by Crippen LogP contribution is 2.49. The normalized spacial score (nSPS) is 15.2. The van der Waals surface area contributed by atoms with Gasteiger partial charge in [0.1, 0.15) is 17.4 Å². The van der Waals surface area contributed by atoms with Crippen LogP contribution in [0.4, 0.5) is 0 Å². The molecular formula is C26H26N4O2S. The van der Waals surface area contributed by atoms with Crippen molar-refractivity contribution < 1.29 is 9.53 Å². The zero-order valence-corrected chi connectivity index (χ0v) is 19.5. The molecule has 3 N–H and O–H groups in total. The number of fused-ring (bicyclic) bond motifs is 1. The van der Waals surface area contributed by atoms with E-state index in [1.807, 2.05) is 37.4 Å². The molecule has 0 bridgehead atoms. The molecule has 1 saturated carbocycles. The lowest BCUT2D eigenvalue weighted by Crippen LogP contribution is -2.35. The van der Waals surface area contributed by atoms with Crippen molar-refractivity contribution in [2.75, 3.05) is 6.61 Å². The lowest BCUT2D eigenvalue weighted by molar-refractivity contribution is 0.0930. The number of aryl methyl sites for hydroxylation is 1. The summed E-state index contributed by atoms with van der Waals surface area (Å²) in [6.45, 7) is 4.22. The zero-order chi connectivity index (χ0) is 23.0. The van der Waals surface area contributed by atoms with Gasteiger partial charge in [0.15, 0.2) is 0 Å². The van der Waals surface area contributed by atoms with Crippen molar-refractivity contribution in [1.82, 2.24) is 15.3 Å². The van der Waals surface area contributed by atoms with Gasteiger partial charge < -0.3 is 15.8 Å². The molecule has 5 rings (SSSR count). The fourth-order valence-corrected chi connectivity index (χ4v) is 4.73. The molecule has 168 valence electrons. The number of amides is 1. The number of rotatable bonds is 7. The lowest BCUT2D eigenvalue weighted by atomic mass is 9.95. The molecule has 1 aliphatic carbocycles. The molecule has 2 aromatic heterocycles. The Hall–Kier alpha value is -3.29. The van der Waals surface area contributed by atoms with Gasteiger partial charge in [-0.1, -0.05) is 12.1 Å². The Morgan fingerprint density at radius 1 is 1.21 bits per heavy atom. The quantitative estimate of drug-likeness (QED) is 0.415. The van der Waals surface area contributed by atoms with E-state index in [0.717, 1.165) is 45.4 Å². The Bertz CT molecular complexity index is 1310. The van der Waals surface area contributed by atoms with Gasteiger partial charge in [0.25, 0.3) is 5.91 Å². The third-order valence-electron chi connectivity index (χ3n) is 5.98. The molecule has 1 amide bonds. The largest absolute Gasteiger partial charge is 0.492 e. The van der Waals surface area contributed by atoms with Gasteiger partial charge in [-0.3, -0.25) is 9.78 Å². The number of hydrogen-bond acceptors (Lipinski definition) is 6. The van der Waals surface area contributed by atoms with Crippen LogP contribution in [0, 0.1) is 6.92 Å². The molecule has 1 atom stereocenters. The Morgan fingerprint density at radius 3 is 2.79 bits per heavy atom. The number of pyridine rings is 1. The highest BCUT2D eigenvalue weighted by molar-refractivity contribution is 7.13. The molecule has 33 heavy (non-hydrogen) atoms. The maximum absolute atomic E-state index is 13.4. The maximum Gasteiger partial charge on any atom is 0.252 e. The first kappa shape index (κ1) is 21.6. The molecule has 0 aliphatic heterocycles. The number of nitrogens with one attached hydrogen (secondary N) is 1. The Labute approximate surface area is 196 Å². The first-order valence-electron chi connectivity index (χ1n) is 11.1. The number of hydrogen-bond donors (Lipinski definition) is 2. The second-order valence-corrected chi connectivity index (χ2v) is 9.63. The van der Waals surface area contributed by atoms with E-state index in [4.69, 9.17) is 10.5 Å². The maximum atomic E-state index is 13.4. The molecule has 0 spiro atoms. The fraction of sp³-hybridized carbons (Fsp3) is 0.269. The molecule has 1 aliphatic rings. The summed E-state index contributed by atoms with van der Waals surface area (Å²) in [5.41, 5.74) is 9.92. The number of thiazole rings is 1. The van der Waals surface area contributed by atoms with Crippen molar-refractivity contribution >= 4 is 28.1 Å². The zero-order valence-electron chi connectivity index (χ0n) is 18.7. The van der Waals surface area contributed by atoms with E-state index in [2.05, 4.69) is 33.5 Å². The third kappa shape index (κ3) is 4.34. The summed E-state index contributed by atoms with van der Waals surface area (Å²) in [5, 5.41) is 7.30. The van der Waals surface area contributed by atoms with Crippen molar-refractivity contribution in [1.29, 1.82) is 0 Å². The second kappa shape index (κ2) is 8.57. The number of benzene rings is 2. The predicted molar refractivity (Wildman–Crippen MR) is 132 cm³/mol. The molecule has 0 radical (unpaired) electrons. The highest BCUT2D eigenvalue weighted by Gasteiger charge is 2.47. The minimum atomic E-state index is -0.416. The van der Waals surface area contributed by atoms with E-state index < -0.39 is 5.54 Å². The Kier molecular flexibility index (Phi) is 5.60. The second-order valence-electron chi connectivity index (χ2n) is 8.73. The average molecular weight is 459 g/mol. The van der Waals surface area contributed by atoms with Gasteiger partial charge in [0.2, 0.25) is 0 Å². The van der Waals surface area contributed by atoms with Gasteiger partial charge in [-0.05, 0) is 68.1 Å². The third-order valence-corrected chi connectivity index (χ3v) is 6.81. The van der Waals surface area contributed by atoms with Crippen LogP contribution >= 0.6 is 11.3 Å². The van der Waals surface area contributed by atoms with Gasteiger partial charge in [-0.15, -0.1) is 11.3 Å². The summed E-state index contributed by atoms with van der Waals surface area (Å²) in [6.07, 6.45) is 5.36. The van der Waals surface area contributed by atoms with Gasteiger partial charge >= 0.3 is 0 Å². The van der Waals surface area contributed by atoms with Gasteiger partial charge in [-0.2, -0.15) is 0 Å². The predicted octanol–water partition coefficient (Wildman–Crippen LogP) is 4.81. The Morgan fingerprint density at radius 2 is 2.06 bits per heavy atom. The number of nitrogens with two attached hydrogens (primary N) is 1. The van der Waals surface area contributed by atoms with Crippen LogP contribution < -0.4 is 15.8 Å². The van der Waals surface area contributed by atoms with E-state index in [-0.39, 0.29) is 11.9 Å². The number of carbonyl (C=O) groups excluding carboxylic acids is 1. The van der Waals surface area contributed by atoms with Crippen LogP contribution in [0.1, 0.15) is 41.3 Å². The molecule has 7 heteroatoms. The molecule has 2 aromatic carbocycles. The molecule has 1 fully saturated rings. The van der Waals surface area contributed by atoms with Crippen molar-refractivity contribution in [3.8, 4) is 16.3 Å².